The molecule has 0 bridgehead atoms. The van der Waals surface area contributed by atoms with E-state index in [9.17, 15) is 4.79 Å². The molecule has 1 aliphatic heterocycles. The van der Waals surface area contributed by atoms with Gasteiger partial charge in [-0.05, 0) is 12.0 Å². The van der Waals surface area contributed by atoms with Crippen molar-refractivity contribution in [3.63, 3.8) is 0 Å². The van der Waals surface area contributed by atoms with Gasteiger partial charge in [-0.15, -0.1) is 0 Å². The van der Waals surface area contributed by atoms with E-state index < -0.39 is 0 Å². The lowest BCUT2D eigenvalue weighted by atomic mass is 9.96. The zero-order valence-corrected chi connectivity index (χ0v) is 16.5. The summed E-state index contributed by atoms with van der Waals surface area (Å²) in [5, 5.41) is 7.35. The first-order chi connectivity index (χ1) is 14.1. The molecule has 2 aromatic heterocycles. The number of rotatable bonds is 6. The Morgan fingerprint density at radius 2 is 1.97 bits per heavy atom. The molecule has 0 aliphatic carbocycles. The van der Waals surface area contributed by atoms with Crippen LogP contribution in [-0.4, -0.2) is 46.4 Å². The van der Waals surface area contributed by atoms with Crippen LogP contribution in [0.1, 0.15) is 23.7 Å². The highest BCUT2D eigenvalue weighted by Gasteiger charge is 2.36. The van der Waals surface area contributed by atoms with Crippen molar-refractivity contribution in [3.8, 4) is 0 Å². The Hall–Kier alpha value is -3.26. The van der Waals surface area contributed by atoms with Gasteiger partial charge >= 0.3 is 0 Å². The molecule has 29 heavy (non-hydrogen) atoms. The van der Waals surface area contributed by atoms with Gasteiger partial charge in [0, 0.05) is 32.5 Å². The summed E-state index contributed by atoms with van der Waals surface area (Å²) in [6.45, 7) is 1.22. The molecule has 0 saturated carbocycles. The molecule has 4 rings (SSSR count). The Kier molecular flexibility index (Phi) is 5.53. The molecule has 1 amide bonds. The van der Waals surface area contributed by atoms with Crippen molar-refractivity contribution in [2.24, 2.45) is 5.92 Å². The maximum atomic E-state index is 12.8. The second kappa shape index (κ2) is 8.40. The number of aromatic nitrogens is 4. The molecule has 2 atom stereocenters. The Labute approximate surface area is 169 Å². The van der Waals surface area contributed by atoms with Crippen molar-refractivity contribution in [3.05, 3.63) is 66.2 Å². The summed E-state index contributed by atoms with van der Waals surface area (Å²) in [5.74, 6) is 0.221. The van der Waals surface area contributed by atoms with E-state index in [-0.39, 0.29) is 17.9 Å². The molecule has 1 aliphatic rings. The molecule has 1 saturated heterocycles. The zero-order valence-electron chi connectivity index (χ0n) is 16.5. The molecule has 1 N–H and O–H groups in total. The molecular weight excluding hydrogens is 368 g/mol. The topological polar surface area (TPSA) is 85.2 Å². The van der Waals surface area contributed by atoms with Crippen molar-refractivity contribution < 1.29 is 9.53 Å². The van der Waals surface area contributed by atoms with Crippen LogP contribution in [0.15, 0.2) is 55.1 Å². The van der Waals surface area contributed by atoms with Gasteiger partial charge in [0.2, 0.25) is 11.9 Å². The minimum absolute atomic E-state index is 0.0930. The van der Waals surface area contributed by atoms with Crippen molar-refractivity contribution in [1.29, 1.82) is 0 Å². The van der Waals surface area contributed by atoms with Gasteiger partial charge in [0.15, 0.2) is 0 Å². The number of amides is 1. The molecule has 3 heterocycles. The summed E-state index contributed by atoms with van der Waals surface area (Å²) in [7, 11) is 3.73. The zero-order chi connectivity index (χ0) is 20.2. The Morgan fingerprint density at radius 3 is 2.69 bits per heavy atom. The van der Waals surface area contributed by atoms with Gasteiger partial charge in [0.1, 0.15) is 0 Å². The van der Waals surface area contributed by atoms with Crippen molar-refractivity contribution >= 4 is 17.5 Å². The van der Waals surface area contributed by atoms with Gasteiger partial charge in [-0.1, -0.05) is 30.3 Å². The Balaban J connectivity index is 1.42. The molecule has 8 nitrogen and oxygen atoms in total. The van der Waals surface area contributed by atoms with Gasteiger partial charge in [0.05, 0.1) is 42.8 Å². The summed E-state index contributed by atoms with van der Waals surface area (Å²) < 4.78 is 7.74. The van der Waals surface area contributed by atoms with Gasteiger partial charge in [-0.25, -0.2) is 9.97 Å². The quantitative estimate of drug-likeness (QED) is 0.694. The maximum Gasteiger partial charge on any atom is 0.230 e. The minimum atomic E-state index is -0.304. The number of hydrogen-bond donors (Lipinski definition) is 1. The van der Waals surface area contributed by atoms with E-state index in [0.717, 1.165) is 5.56 Å². The maximum absolute atomic E-state index is 12.8. The van der Waals surface area contributed by atoms with Crippen molar-refractivity contribution in [2.45, 2.75) is 19.1 Å². The third-order valence-corrected chi connectivity index (χ3v) is 4.90. The van der Waals surface area contributed by atoms with Crippen LogP contribution in [0.3, 0.4) is 0 Å². The highest BCUT2D eigenvalue weighted by molar-refractivity contribution is 5.93. The molecular formula is C21H24N6O2. The van der Waals surface area contributed by atoms with Crippen LogP contribution < -0.4 is 10.2 Å². The van der Waals surface area contributed by atoms with Crippen LogP contribution in [0.25, 0.3) is 0 Å². The number of carbonyl (C=O) groups excluding carboxylic acids is 1. The predicted molar refractivity (Wildman–Crippen MR) is 110 cm³/mol. The first-order valence-corrected chi connectivity index (χ1v) is 9.58. The van der Waals surface area contributed by atoms with Crippen LogP contribution in [-0.2, 0) is 16.1 Å². The summed E-state index contributed by atoms with van der Waals surface area (Å²) in [5.41, 5.74) is 2.66. The standard InChI is InChI=1S/C21H24N6O2/c1-26(2)21-22-11-17(12-23-21)25-20(28)18-8-9-29-19(18)16-10-24-27(14-16)13-15-6-4-3-5-7-15/h3-7,10-12,14,18-19H,8-9,13H2,1-2H3,(H,25,28)/t18-,19+/m0/s1. The van der Waals surface area contributed by atoms with E-state index >= 15 is 0 Å². The van der Waals surface area contributed by atoms with Gasteiger partial charge in [-0.2, -0.15) is 5.10 Å². The predicted octanol–water partition coefficient (Wildman–Crippen LogP) is 2.50. The minimum Gasteiger partial charge on any atom is -0.373 e. The van der Waals surface area contributed by atoms with Crippen LogP contribution in [0.4, 0.5) is 11.6 Å². The fourth-order valence-corrected chi connectivity index (χ4v) is 3.42. The average molecular weight is 392 g/mol. The Bertz CT molecular complexity index is 955. The number of anilines is 2. The van der Waals surface area contributed by atoms with E-state index in [1.807, 2.05) is 43.2 Å². The molecule has 0 unspecified atom stereocenters. The van der Waals surface area contributed by atoms with E-state index in [4.69, 9.17) is 4.74 Å². The Morgan fingerprint density at radius 1 is 1.21 bits per heavy atom. The van der Waals surface area contributed by atoms with Gasteiger partial charge in [-0.3, -0.25) is 9.48 Å². The lowest BCUT2D eigenvalue weighted by Gasteiger charge is -2.17. The summed E-state index contributed by atoms with van der Waals surface area (Å²) in [4.78, 5) is 23.1. The summed E-state index contributed by atoms with van der Waals surface area (Å²) >= 11 is 0. The molecule has 0 radical (unpaired) electrons. The molecule has 3 aromatic rings. The molecule has 1 fully saturated rings. The van der Waals surface area contributed by atoms with Gasteiger partial charge < -0.3 is 15.0 Å². The first kappa shape index (κ1) is 19.1. The summed E-state index contributed by atoms with van der Waals surface area (Å²) in [6, 6.07) is 10.1. The van der Waals surface area contributed by atoms with Crippen LogP contribution in [0.2, 0.25) is 0 Å². The third-order valence-electron chi connectivity index (χ3n) is 4.90. The molecule has 0 spiro atoms. The van der Waals surface area contributed by atoms with Crippen LogP contribution in [0, 0.1) is 5.92 Å². The fourth-order valence-electron chi connectivity index (χ4n) is 3.42. The normalized spacial score (nSPS) is 18.6. The number of hydrogen-bond acceptors (Lipinski definition) is 6. The van der Waals surface area contributed by atoms with Crippen molar-refractivity contribution in [1.82, 2.24) is 19.7 Å². The van der Waals surface area contributed by atoms with Crippen molar-refractivity contribution in [2.75, 3.05) is 30.9 Å². The van der Waals surface area contributed by atoms with E-state index in [0.29, 0.717) is 31.2 Å². The molecule has 8 heteroatoms. The molecule has 1 aromatic carbocycles. The number of carbonyl (C=O) groups is 1. The number of benzene rings is 1. The highest BCUT2D eigenvalue weighted by Crippen LogP contribution is 2.35. The van der Waals surface area contributed by atoms with Crippen LogP contribution >= 0.6 is 0 Å². The smallest absolute Gasteiger partial charge is 0.230 e. The number of ether oxygens (including phenoxy) is 1. The molecule has 150 valence electrons. The first-order valence-electron chi connectivity index (χ1n) is 9.58. The second-order valence-electron chi connectivity index (χ2n) is 7.30. The fraction of sp³-hybridized carbons (Fsp3) is 0.333. The SMILES string of the molecule is CN(C)c1ncc(NC(=O)[C@H]2CCO[C@@H]2c2cnn(Cc3ccccc3)c2)cn1. The van der Waals surface area contributed by atoms with E-state index in [1.165, 1.54) is 5.56 Å². The van der Waals surface area contributed by atoms with Crippen LogP contribution in [0.5, 0.6) is 0 Å². The third kappa shape index (κ3) is 4.43. The average Bonchev–Trinajstić information content (AvgIpc) is 3.38. The van der Waals surface area contributed by atoms with E-state index in [1.54, 1.807) is 23.5 Å². The monoisotopic (exact) mass is 392 g/mol. The lowest BCUT2D eigenvalue weighted by molar-refractivity contribution is -0.121. The van der Waals surface area contributed by atoms with E-state index in [2.05, 4.69) is 32.5 Å². The largest absolute Gasteiger partial charge is 0.373 e. The van der Waals surface area contributed by atoms with Gasteiger partial charge in [0.25, 0.3) is 0 Å². The lowest BCUT2D eigenvalue weighted by Crippen LogP contribution is -2.25. The number of nitrogens with one attached hydrogen (secondary N) is 1. The number of nitrogens with zero attached hydrogens (tertiary/aromatic N) is 5. The second-order valence-corrected chi connectivity index (χ2v) is 7.30. The highest BCUT2D eigenvalue weighted by atomic mass is 16.5. The summed E-state index contributed by atoms with van der Waals surface area (Å²) in [6.07, 6.45) is 7.33.